The first-order valence-corrected chi connectivity index (χ1v) is 4.16. The summed E-state index contributed by atoms with van der Waals surface area (Å²) in [5.74, 6) is 1.92. The van der Waals surface area contributed by atoms with Crippen LogP contribution >= 0.6 is 0 Å². The van der Waals surface area contributed by atoms with Crippen LogP contribution in [0, 0.1) is 6.26 Å². The van der Waals surface area contributed by atoms with E-state index in [-0.39, 0.29) is 0 Å². The zero-order chi connectivity index (χ0) is 9.80. The minimum atomic E-state index is 0.426. The number of furan rings is 1. The van der Waals surface area contributed by atoms with Crippen LogP contribution in [-0.4, -0.2) is 7.11 Å². The van der Waals surface area contributed by atoms with Gasteiger partial charge in [-0.25, -0.2) is 0 Å². The van der Waals surface area contributed by atoms with E-state index < -0.39 is 0 Å². The molecule has 3 heteroatoms. The van der Waals surface area contributed by atoms with Crippen molar-refractivity contribution in [1.82, 2.24) is 0 Å². The van der Waals surface area contributed by atoms with Gasteiger partial charge in [0.25, 0.3) is 5.95 Å². The fourth-order valence-electron chi connectivity index (χ4n) is 1.04. The second-order valence-corrected chi connectivity index (χ2v) is 2.65. The third kappa shape index (κ3) is 1.88. The summed E-state index contributed by atoms with van der Waals surface area (Å²) in [4.78, 5) is 0. The average Bonchev–Trinajstić information content (AvgIpc) is 2.72. The Labute approximate surface area is 81.9 Å². The second kappa shape index (κ2) is 3.87. The smallest absolute Gasteiger partial charge is 0.290 e. The van der Waals surface area contributed by atoms with E-state index >= 15 is 0 Å². The molecule has 14 heavy (non-hydrogen) atoms. The lowest BCUT2D eigenvalue weighted by Crippen LogP contribution is -1.84. The van der Waals surface area contributed by atoms with E-state index in [0.29, 0.717) is 11.7 Å². The zero-order valence-corrected chi connectivity index (χ0v) is 7.69. The van der Waals surface area contributed by atoms with Crippen molar-refractivity contribution >= 4 is 0 Å². The summed E-state index contributed by atoms with van der Waals surface area (Å²) in [5.41, 5.74) is 0. The Hall–Kier alpha value is -1.90. The molecule has 1 aromatic carbocycles. The van der Waals surface area contributed by atoms with Crippen molar-refractivity contribution in [1.29, 1.82) is 0 Å². The van der Waals surface area contributed by atoms with Gasteiger partial charge in [0.1, 0.15) is 11.5 Å². The van der Waals surface area contributed by atoms with Crippen molar-refractivity contribution in [2.45, 2.75) is 0 Å². The van der Waals surface area contributed by atoms with Crippen LogP contribution in [0.25, 0.3) is 0 Å². The lowest BCUT2D eigenvalue weighted by molar-refractivity contribution is 0.343. The number of hydrogen-bond donors (Lipinski definition) is 0. The fraction of sp³-hybridized carbons (Fsp3) is 0.0909. The highest BCUT2D eigenvalue weighted by atomic mass is 16.6. The average molecular weight is 189 g/mol. The molecule has 0 amide bonds. The molecule has 2 rings (SSSR count). The molecule has 1 aromatic heterocycles. The number of hydrogen-bond acceptors (Lipinski definition) is 3. The van der Waals surface area contributed by atoms with Gasteiger partial charge in [0, 0.05) is 6.07 Å². The van der Waals surface area contributed by atoms with Crippen LogP contribution in [-0.2, 0) is 0 Å². The first-order valence-electron chi connectivity index (χ1n) is 4.16. The molecule has 0 atom stereocenters. The van der Waals surface area contributed by atoms with Crippen molar-refractivity contribution in [3.8, 4) is 17.4 Å². The van der Waals surface area contributed by atoms with Gasteiger partial charge in [-0.2, -0.15) is 0 Å². The Balaban J connectivity index is 2.10. The number of rotatable bonds is 3. The Bertz CT molecular complexity index is 375. The van der Waals surface area contributed by atoms with Gasteiger partial charge in [0.05, 0.1) is 7.11 Å². The van der Waals surface area contributed by atoms with Crippen LogP contribution in [0.3, 0.4) is 0 Å². The van der Waals surface area contributed by atoms with E-state index in [1.807, 2.05) is 12.1 Å². The molecule has 0 aliphatic carbocycles. The molecule has 0 aliphatic rings. The van der Waals surface area contributed by atoms with Gasteiger partial charge in [-0.05, 0) is 30.3 Å². The maximum atomic E-state index is 5.36. The molecule has 0 saturated heterocycles. The molecule has 0 unspecified atom stereocenters. The first-order chi connectivity index (χ1) is 6.88. The predicted octanol–water partition coefficient (Wildman–Crippen LogP) is 2.88. The third-order valence-electron chi connectivity index (χ3n) is 1.72. The highest BCUT2D eigenvalue weighted by Crippen LogP contribution is 2.23. The van der Waals surface area contributed by atoms with Crippen LogP contribution in [0.4, 0.5) is 0 Å². The maximum absolute atomic E-state index is 5.36. The maximum Gasteiger partial charge on any atom is 0.290 e. The SMILES string of the molecule is COc1ccc(Oc2cc[c]o2)cc1. The molecule has 1 heterocycles. The first kappa shape index (κ1) is 8.69. The molecule has 0 aliphatic heterocycles. The molecule has 71 valence electrons. The summed E-state index contributed by atoms with van der Waals surface area (Å²) >= 11 is 0. The Kier molecular flexibility index (Phi) is 2.40. The van der Waals surface area contributed by atoms with Crippen LogP contribution in [0.2, 0.25) is 0 Å². The highest BCUT2D eigenvalue weighted by Gasteiger charge is 1.99. The molecular weight excluding hydrogens is 180 g/mol. The topological polar surface area (TPSA) is 31.6 Å². The normalized spacial score (nSPS) is 9.79. The standard InChI is InChI=1S/C11H9O3/c1-12-9-4-6-10(7-5-9)14-11-3-2-8-13-11/h2-7H,1H3. The molecule has 0 N–H and O–H groups in total. The zero-order valence-electron chi connectivity index (χ0n) is 7.69. The Morgan fingerprint density at radius 1 is 1.07 bits per heavy atom. The molecule has 0 bridgehead atoms. The van der Waals surface area contributed by atoms with Crippen molar-refractivity contribution in [3.63, 3.8) is 0 Å². The van der Waals surface area contributed by atoms with E-state index in [1.165, 1.54) is 0 Å². The van der Waals surface area contributed by atoms with Crippen LogP contribution in [0.5, 0.6) is 17.4 Å². The van der Waals surface area contributed by atoms with Gasteiger partial charge < -0.3 is 13.9 Å². The monoisotopic (exact) mass is 189 g/mol. The predicted molar refractivity (Wildman–Crippen MR) is 50.6 cm³/mol. The summed E-state index contributed by atoms with van der Waals surface area (Å²) < 4.78 is 15.3. The van der Waals surface area contributed by atoms with Gasteiger partial charge in [0.15, 0.2) is 6.26 Å². The summed E-state index contributed by atoms with van der Waals surface area (Å²) in [7, 11) is 1.62. The summed E-state index contributed by atoms with van der Waals surface area (Å²) in [6.45, 7) is 0. The minimum absolute atomic E-state index is 0.426. The highest BCUT2D eigenvalue weighted by molar-refractivity contribution is 5.32. The van der Waals surface area contributed by atoms with Crippen molar-refractivity contribution < 1.29 is 13.9 Å². The lowest BCUT2D eigenvalue weighted by Gasteiger charge is -2.02. The van der Waals surface area contributed by atoms with Gasteiger partial charge in [-0.15, -0.1) is 0 Å². The van der Waals surface area contributed by atoms with Gasteiger partial charge in [-0.3, -0.25) is 0 Å². The van der Waals surface area contributed by atoms with E-state index in [4.69, 9.17) is 13.9 Å². The van der Waals surface area contributed by atoms with Gasteiger partial charge in [0.2, 0.25) is 0 Å². The van der Waals surface area contributed by atoms with E-state index in [1.54, 1.807) is 31.4 Å². The molecule has 0 saturated carbocycles. The summed E-state index contributed by atoms with van der Waals surface area (Å²) in [5, 5.41) is 0. The molecule has 0 fully saturated rings. The van der Waals surface area contributed by atoms with Crippen molar-refractivity contribution in [3.05, 3.63) is 42.7 Å². The minimum Gasteiger partial charge on any atom is -0.497 e. The van der Waals surface area contributed by atoms with Crippen LogP contribution in [0.1, 0.15) is 0 Å². The van der Waals surface area contributed by atoms with Crippen LogP contribution < -0.4 is 9.47 Å². The molecule has 0 spiro atoms. The molecule has 2 aromatic rings. The van der Waals surface area contributed by atoms with E-state index in [0.717, 1.165) is 5.75 Å². The quantitative estimate of drug-likeness (QED) is 0.743. The third-order valence-corrected chi connectivity index (χ3v) is 1.72. The fourth-order valence-corrected chi connectivity index (χ4v) is 1.04. The van der Waals surface area contributed by atoms with Crippen molar-refractivity contribution in [2.24, 2.45) is 0 Å². The summed E-state index contributed by atoms with van der Waals surface area (Å²) in [6.07, 6.45) is 2.55. The Morgan fingerprint density at radius 2 is 1.79 bits per heavy atom. The number of benzene rings is 1. The number of ether oxygens (including phenoxy) is 2. The van der Waals surface area contributed by atoms with E-state index in [9.17, 15) is 0 Å². The van der Waals surface area contributed by atoms with Crippen molar-refractivity contribution in [2.75, 3.05) is 7.11 Å². The Morgan fingerprint density at radius 3 is 2.36 bits per heavy atom. The molecular formula is C11H9O3. The number of methoxy groups -OCH3 is 1. The largest absolute Gasteiger partial charge is 0.497 e. The second-order valence-electron chi connectivity index (χ2n) is 2.65. The van der Waals surface area contributed by atoms with Crippen LogP contribution in [0.15, 0.2) is 40.8 Å². The molecule has 1 radical (unpaired) electrons. The van der Waals surface area contributed by atoms with E-state index in [2.05, 4.69) is 6.26 Å². The lowest BCUT2D eigenvalue weighted by atomic mass is 10.3. The van der Waals surface area contributed by atoms with Gasteiger partial charge >= 0.3 is 0 Å². The molecule has 3 nitrogen and oxygen atoms in total. The summed E-state index contributed by atoms with van der Waals surface area (Å²) in [6, 6.07) is 10.6. The van der Waals surface area contributed by atoms with Gasteiger partial charge in [-0.1, -0.05) is 0 Å².